The predicted molar refractivity (Wildman–Crippen MR) is 83.4 cm³/mol. The third kappa shape index (κ3) is 3.76. The molecule has 1 heterocycles. The molecule has 0 radical (unpaired) electrons. The van der Waals surface area contributed by atoms with E-state index in [-0.39, 0.29) is 0 Å². The van der Waals surface area contributed by atoms with Gasteiger partial charge in [-0.3, -0.25) is 0 Å². The van der Waals surface area contributed by atoms with Crippen molar-refractivity contribution in [2.24, 2.45) is 5.41 Å². The van der Waals surface area contributed by atoms with E-state index in [1.807, 2.05) is 0 Å². The number of benzene rings is 1. The molecule has 1 aromatic rings. The van der Waals surface area contributed by atoms with E-state index in [0.29, 0.717) is 5.41 Å². The minimum absolute atomic E-state index is 0.428. The lowest BCUT2D eigenvalue weighted by Gasteiger charge is -2.25. The van der Waals surface area contributed by atoms with E-state index in [1.54, 1.807) is 0 Å². The molecule has 2 heteroatoms. The molecule has 0 bridgehead atoms. The predicted octanol–water partition coefficient (Wildman–Crippen LogP) is 3.72. The summed E-state index contributed by atoms with van der Waals surface area (Å²) in [5.74, 6) is 1.10. The summed E-state index contributed by atoms with van der Waals surface area (Å²) in [5.41, 5.74) is 3.30. The van der Waals surface area contributed by atoms with Crippen LogP contribution in [0.2, 0.25) is 0 Å². The Morgan fingerprint density at radius 2 is 2.10 bits per heavy atom. The summed E-state index contributed by atoms with van der Waals surface area (Å²) in [6, 6.07) is 7.57. The highest BCUT2D eigenvalue weighted by molar-refractivity contribution is 5.39. The molecular formula is C18H27NO. The fraction of sp³-hybridized carbons (Fsp3) is 0.667. The van der Waals surface area contributed by atoms with Crippen LogP contribution in [0.15, 0.2) is 18.2 Å². The molecule has 2 aliphatic rings. The lowest BCUT2D eigenvalue weighted by atomic mass is 9.83. The van der Waals surface area contributed by atoms with Crippen LogP contribution < -0.4 is 10.1 Å². The lowest BCUT2D eigenvalue weighted by molar-refractivity contribution is 0.302. The Labute approximate surface area is 122 Å². The van der Waals surface area contributed by atoms with Crippen LogP contribution in [0.25, 0.3) is 0 Å². The first kappa shape index (κ1) is 13.9. The number of fused-ring (bicyclic) bond motifs is 1. The van der Waals surface area contributed by atoms with Crippen molar-refractivity contribution in [3.63, 3.8) is 0 Å². The van der Waals surface area contributed by atoms with Gasteiger partial charge in [0.1, 0.15) is 5.75 Å². The van der Waals surface area contributed by atoms with Gasteiger partial charge in [0.05, 0.1) is 6.61 Å². The van der Waals surface area contributed by atoms with E-state index in [4.69, 9.17) is 4.74 Å². The highest BCUT2D eigenvalue weighted by atomic mass is 16.5. The van der Waals surface area contributed by atoms with Crippen molar-refractivity contribution in [2.45, 2.75) is 58.4 Å². The number of aryl methyl sites for hydroxylation is 1. The van der Waals surface area contributed by atoms with Gasteiger partial charge in [-0.2, -0.15) is 0 Å². The van der Waals surface area contributed by atoms with E-state index < -0.39 is 0 Å². The molecule has 2 nitrogen and oxygen atoms in total. The van der Waals surface area contributed by atoms with Crippen LogP contribution in [-0.2, 0) is 12.8 Å². The van der Waals surface area contributed by atoms with Gasteiger partial charge in [-0.15, -0.1) is 0 Å². The second kappa shape index (κ2) is 5.77. The molecule has 0 spiro atoms. The molecule has 0 atom stereocenters. The van der Waals surface area contributed by atoms with Gasteiger partial charge in [-0.1, -0.05) is 26.0 Å². The van der Waals surface area contributed by atoms with E-state index in [2.05, 4.69) is 37.4 Å². The van der Waals surface area contributed by atoms with Crippen molar-refractivity contribution in [1.82, 2.24) is 5.32 Å². The highest BCUT2D eigenvalue weighted by Gasteiger charge is 2.23. The van der Waals surface area contributed by atoms with Gasteiger partial charge in [0.25, 0.3) is 0 Å². The summed E-state index contributed by atoms with van der Waals surface area (Å²) >= 11 is 0. The molecule has 1 aromatic carbocycles. The van der Waals surface area contributed by atoms with Crippen LogP contribution in [0.5, 0.6) is 5.75 Å². The van der Waals surface area contributed by atoms with Gasteiger partial charge < -0.3 is 10.1 Å². The number of nitrogens with one attached hydrogen (secondary N) is 1. The number of ether oxygens (including phenoxy) is 1. The van der Waals surface area contributed by atoms with E-state index in [0.717, 1.165) is 24.8 Å². The zero-order valence-electron chi connectivity index (χ0n) is 12.9. The van der Waals surface area contributed by atoms with Crippen LogP contribution in [0.4, 0.5) is 0 Å². The molecule has 1 aliphatic heterocycles. The fourth-order valence-electron chi connectivity index (χ4n) is 2.91. The first-order valence-corrected chi connectivity index (χ1v) is 8.10. The summed E-state index contributed by atoms with van der Waals surface area (Å²) in [6.07, 6.45) is 7.58. The summed E-state index contributed by atoms with van der Waals surface area (Å²) in [7, 11) is 0. The first-order valence-electron chi connectivity index (χ1n) is 8.10. The van der Waals surface area contributed by atoms with Crippen molar-refractivity contribution in [3.8, 4) is 5.75 Å². The van der Waals surface area contributed by atoms with Crippen molar-refractivity contribution >= 4 is 0 Å². The Kier molecular flexibility index (Phi) is 4.02. The van der Waals surface area contributed by atoms with E-state index in [9.17, 15) is 0 Å². The highest BCUT2D eigenvalue weighted by Crippen LogP contribution is 2.30. The van der Waals surface area contributed by atoms with E-state index in [1.165, 1.54) is 49.8 Å². The van der Waals surface area contributed by atoms with Crippen LogP contribution in [0.1, 0.15) is 50.7 Å². The molecule has 3 rings (SSSR count). The largest absolute Gasteiger partial charge is 0.493 e. The molecule has 0 amide bonds. The molecule has 1 N–H and O–H groups in total. The average molecular weight is 273 g/mol. The summed E-state index contributed by atoms with van der Waals surface area (Å²) < 4.78 is 5.57. The summed E-state index contributed by atoms with van der Waals surface area (Å²) in [5, 5.41) is 3.63. The third-order valence-corrected chi connectivity index (χ3v) is 4.66. The van der Waals surface area contributed by atoms with Crippen molar-refractivity contribution in [3.05, 3.63) is 29.3 Å². The Morgan fingerprint density at radius 3 is 2.90 bits per heavy atom. The quantitative estimate of drug-likeness (QED) is 0.817. The molecule has 0 saturated heterocycles. The standard InChI is InChI=1S/C18H27NO/c1-18(2,10-11-19-16-4-5-16)9-7-14-3-6-17-15(13-14)8-12-20-17/h3,6,13,16,19H,4-5,7-12H2,1-2H3. The fourth-order valence-corrected chi connectivity index (χ4v) is 2.91. The van der Waals surface area contributed by atoms with E-state index >= 15 is 0 Å². The SMILES string of the molecule is CC(C)(CCNC1CC1)CCc1ccc2c(c1)CCO2. The molecule has 20 heavy (non-hydrogen) atoms. The minimum atomic E-state index is 0.428. The Morgan fingerprint density at radius 1 is 1.25 bits per heavy atom. The maximum atomic E-state index is 5.57. The second-order valence-corrected chi connectivity index (χ2v) is 7.18. The molecule has 0 aromatic heterocycles. The number of hydrogen-bond acceptors (Lipinski definition) is 2. The molecule has 1 saturated carbocycles. The van der Waals surface area contributed by atoms with Gasteiger partial charge in [0.15, 0.2) is 0 Å². The normalized spacial score (nSPS) is 17.9. The van der Waals surface area contributed by atoms with Crippen molar-refractivity contribution in [1.29, 1.82) is 0 Å². The average Bonchev–Trinajstić information content (AvgIpc) is 3.12. The summed E-state index contributed by atoms with van der Waals surface area (Å²) in [4.78, 5) is 0. The van der Waals surface area contributed by atoms with Gasteiger partial charge >= 0.3 is 0 Å². The Balaban J connectivity index is 1.47. The Hall–Kier alpha value is -1.02. The monoisotopic (exact) mass is 273 g/mol. The lowest BCUT2D eigenvalue weighted by Crippen LogP contribution is -2.24. The second-order valence-electron chi connectivity index (χ2n) is 7.18. The maximum Gasteiger partial charge on any atom is 0.122 e. The molecule has 110 valence electrons. The van der Waals surface area contributed by atoms with Crippen LogP contribution >= 0.6 is 0 Å². The minimum Gasteiger partial charge on any atom is -0.493 e. The van der Waals surface area contributed by atoms with Gasteiger partial charge in [-0.05, 0) is 61.3 Å². The van der Waals surface area contributed by atoms with Gasteiger partial charge in [-0.25, -0.2) is 0 Å². The third-order valence-electron chi connectivity index (χ3n) is 4.66. The van der Waals surface area contributed by atoms with Crippen molar-refractivity contribution < 1.29 is 4.74 Å². The number of hydrogen-bond donors (Lipinski definition) is 1. The van der Waals surface area contributed by atoms with Crippen LogP contribution in [0.3, 0.4) is 0 Å². The topological polar surface area (TPSA) is 21.3 Å². The number of rotatable bonds is 7. The van der Waals surface area contributed by atoms with Gasteiger partial charge in [0, 0.05) is 12.5 Å². The van der Waals surface area contributed by atoms with Gasteiger partial charge in [0.2, 0.25) is 0 Å². The molecular weight excluding hydrogens is 246 g/mol. The Bertz CT molecular complexity index is 462. The first-order chi connectivity index (χ1) is 9.62. The molecule has 0 unspecified atom stereocenters. The van der Waals surface area contributed by atoms with Crippen molar-refractivity contribution in [2.75, 3.05) is 13.2 Å². The zero-order valence-corrected chi connectivity index (χ0v) is 12.9. The van der Waals surface area contributed by atoms with Crippen LogP contribution in [-0.4, -0.2) is 19.2 Å². The molecule has 1 fully saturated rings. The van der Waals surface area contributed by atoms with Crippen LogP contribution in [0, 0.1) is 5.41 Å². The summed E-state index contributed by atoms with van der Waals surface area (Å²) in [6.45, 7) is 6.84. The molecule has 1 aliphatic carbocycles. The smallest absolute Gasteiger partial charge is 0.122 e. The maximum absolute atomic E-state index is 5.57. The zero-order chi connectivity index (χ0) is 14.0.